The minimum absolute atomic E-state index is 0.376. The molecule has 0 aliphatic rings. The summed E-state index contributed by atoms with van der Waals surface area (Å²) >= 11 is 5.42. The van der Waals surface area contributed by atoms with Crippen LogP contribution in [-0.4, -0.2) is 7.05 Å². The summed E-state index contributed by atoms with van der Waals surface area (Å²) in [5.41, 5.74) is 4.11. The van der Waals surface area contributed by atoms with Crippen LogP contribution in [0.15, 0.2) is 34.1 Å². The van der Waals surface area contributed by atoms with Crippen LogP contribution >= 0.6 is 27.3 Å². The zero-order chi connectivity index (χ0) is 13.1. The van der Waals surface area contributed by atoms with E-state index in [9.17, 15) is 0 Å². The number of benzene rings is 1. The summed E-state index contributed by atoms with van der Waals surface area (Å²) in [5.74, 6) is 0. The fourth-order valence-electron chi connectivity index (χ4n) is 2.05. The summed E-state index contributed by atoms with van der Waals surface area (Å²) in [4.78, 5) is 1.37. The first-order valence-corrected chi connectivity index (χ1v) is 7.75. The Morgan fingerprint density at radius 2 is 2.00 bits per heavy atom. The Labute approximate surface area is 121 Å². The summed E-state index contributed by atoms with van der Waals surface area (Å²) in [6, 6.07) is 9.22. The van der Waals surface area contributed by atoms with E-state index in [1.165, 1.54) is 26.0 Å². The minimum Gasteiger partial charge on any atom is -0.312 e. The molecule has 0 bridgehead atoms. The van der Waals surface area contributed by atoms with Gasteiger partial charge in [0.25, 0.3) is 0 Å². The van der Waals surface area contributed by atoms with Crippen LogP contribution < -0.4 is 5.32 Å². The lowest BCUT2D eigenvalue weighted by atomic mass is 10.0. The lowest BCUT2D eigenvalue weighted by Gasteiger charge is -2.16. The van der Waals surface area contributed by atoms with Gasteiger partial charge in [-0.3, -0.25) is 0 Å². The van der Waals surface area contributed by atoms with Crippen LogP contribution in [0.25, 0.3) is 0 Å². The van der Waals surface area contributed by atoms with Crippen molar-refractivity contribution in [2.24, 2.45) is 0 Å². The van der Waals surface area contributed by atoms with Crippen molar-refractivity contribution in [1.29, 1.82) is 0 Å². The van der Waals surface area contributed by atoms with E-state index in [1.54, 1.807) is 11.3 Å². The third-order valence-corrected chi connectivity index (χ3v) is 5.31. The van der Waals surface area contributed by atoms with E-state index in [2.05, 4.69) is 64.7 Å². The average Bonchev–Trinajstić information content (AvgIpc) is 2.77. The molecule has 1 aromatic carbocycles. The van der Waals surface area contributed by atoms with Crippen LogP contribution in [0.4, 0.5) is 0 Å². The van der Waals surface area contributed by atoms with E-state index < -0.39 is 0 Å². The van der Waals surface area contributed by atoms with Crippen LogP contribution in [0.3, 0.4) is 0 Å². The second-order valence-electron chi connectivity index (χ2n) is 4.60. The van der Waals surface area contributed by atoms with Gasteiger partial charge in [-0.15, -0.1) is 11.3 Å². The van der Waals surface area contributed by atoms with Crippen LogP contribution in [0, 0.1) is 13.8 Å². The van der Waals surface area contributed by atoms with E-state index in [0.717, 1.165) is 6.42 Å². The number of aryl methyl sites for hydroxylation is 2. The van der Waals surface area contributed by atoms with Gasteiger partial charge in [0.2, 0.25) is 0 Å². The van der Waals surface area contributed by atoms with Gasteiger partial charge in [-0.2, -0.15) is 0 Å². The highest BCUT2D eigenvalue weighted by atomic mass is 79.9. The molecular formula is C15H18BrNS. The largest absolute Gasteiger partial charge is 0.312 e. The molecule has 1 unspecified atom stereocenters. The maximum Gasteiger partial charge on any atom is 0.0464 e. The first-order chi connectivity index (χ1) is 8.61. The van der Waals surface area contributed by atoms with E-state index >= 15 is 0 Å². The topological polar surface area (TPSA) is 12.0 Å². The van der Waals surface area contributed by atoms with E-state index in [4.69, 9.17) is 0 Å². The highest BCUT2D eigenvalue weighted by molar-refractivity contribution is 9.10. The van der Waals surface area contributed by atoms with Gasteiger partial charge in [0.05, 0.1) is 0 Å². The predicted molar refractivity (Wildman–Crippen MR) is 83.4 cm³/mol. The zero-order valence-electron chi connectivity index (χ0n) is 11.0. The highest BCUT2D eigenvalue weighted by Crippen LogP contribution is 2.31. The molecule has 0 spiro atoms. The van der Waals surface area contributed by atoms with E-state index in [1.807, 2.05) is 7.05 Å². The predicted octanol–water partition coefficient (Wildman–Crippen LogP) is 4.63. The molecule has 2 rings (SSSR count). The SMILES string of the molecule is CNC(Cc1ccc(C)c(C)c1)c1sccc1Br. The number of rotatable bonds is 4. The molecule has 0 aliphatic carbocycles. The molecule has 18 heavy (non-hydrogen) atoms. The molecule has 0 radical (unpaired) electrons. The molecule has 1 heterocycles. The van der Waals surface area contributed by atoms with Crippen LogP contribution in [0.5, 0.6) is 0 Å². The Morgan fingerprint density at radius 1 is 1.22 bits per heavy atom. The van der Waals surface area contributed by atoms with Gasteiger partial charge in [0, 0.05) is 15.4 Å². The van der Waals surface area contributed by atoms with Crippen LogP contribution in [0.1, 0.15) is 27.6 Å². The van der Waals surface area contributed by atoms with Gasteiger partial charge in [-0.25, -0.2) is 0 Å². The quantitative estimate of drug-likeness (QED) is 0.864. The summed E-state index contributed by atoms with van der Waals surface area (Å²) < 4.78 is 1.20. The number of thiophene rings is 1. The van der Waals surface area contributed by atoms with Crippen molar-refractivity contribution in [2.75, 3.05) is 7.05 Å². The first-order valence-electron chi connectivity index (χ1n) is 6.08. The molecule has 96 valence electrons. The third kappa shape index (κ3) is 3.02. The van der Waals surface area contributed by atoms with Gasteiger partial charge < -0.3 is 5.32 Å². The monoisotopic (exact) mass is 323 g/mol. The molecule has 0 saturated carbocycles. The molecule has 0 fully saturated rings. The highest BCUT2D eigenvalue weighted by Gasteiger charge is 2.14. The normalized spacial score (nSPS) is 12.7. The maximum atomic E-state index is 3.62. The van der Waals surface area contributed by atoms with Crippen molar-refractivity contribution in [3.05, 3.63) is 55.7 Å². The lowest BCUT2D eigenvalue weighted by molar-refractivity contribution is 0.600. The average molecular weight is 324 g/mol. The number of likely N-dealkylation sites (N-methyl/N-ethyl adjacent to an activating group) is 1. The van der Waals surface area contributed by atoms with Gasteiger partial charge in [-0.1, -0.05) is 18.2 Å². The van der Waals surface area contributed by atoms with Crippen LogP contribution in [0.2, 0.25) is 0 Å². The summed E-state index contributed by atoms with van der Waals surface area (Å²) in [6.45, 7) is 4.33. The second kappa shape index (κ2) is 6.00. The van der Waals surface area contributed by atoms with Gasteiger partial charge in [0.15, 0.2) is 0 Å². The first kappa shape index (κ1) is 13.8. The van der Waals surface area contributed by atoms with E-state index in [-0.39, 0.29) is 0 Å². The molecule has 2 aromatic rings. The molecule has 0 aliphatic heterocycles. The molecule has 1 N–H and O–H groups in total. The zero-order valence-corrected chi connectivity index (χ0v) is 13.4. The summed E-state index contributed by atoms with van der Waals surface area (Å²) in [6.07, 6.45) is 1.02. The van der Waals surface area contributed by atoms with Gasteiger partial charge >= 0.3 is 0 Å². The lowest BCUT2D eigenvalue weighted by Crippen LogP contribution is -2.18. The molecule has 1 atom stereocenters. The Kier molecular flexibility index (Phi) is 4.60. The number of nitrogens with one attached hydrogen (secondary N) is 1. The Balaban J connectivity index is 2.20. The summed E-state index contributed by atoms with van der Waals surface area (Å²) in [7, 11) is 2.03. The fourth-order valence-corrected chi connectivity index (χ4v) is 3.81. The van der Waals surface area contributed by atoms with E-state index in [0.29, 0.717) is 6.04 Å². The van der Waals surface area contributed by atoms with Crippen molar-refractivity contribution in [2.45, 2.75) is 26.3 Å². The molecular weight excluding hydrogens is 306 g/mol. The number of halogens is 1. The van der Waals surface area contributed by atoms with Gasteiger partial charge in [-0.05, 0) is 71.4 Å². The maximum absolute atomic E-state index is 3.62. The van der Waals surface area contributed by atoms with Crippen molar-refractivity contribution in [3.8, 4) is 0 Å². The third-order valence-electron chi connectivity index (χ3n) is 3.32. The van der Waals surface area contributed by atoms with Gasteiger partial charge in [0.1, 0.15) is 0 Å². The smallest absolute Gasteiger partial charge is 0.0464 e. The van der Waals surface area contributed by atoms with Crippen molar-refractivity contribution < 1.29 is 0 Å². The Bertz CT molecular complexity index is 533. The molecule has 3 heteroatoms. The molecule has 0 amide bonds. The second-order valence-corrected chi connectivity index (χ2v) is 6.40. The van der Waals surface area contributed by atoms with Crippen molar-refractivity contribution in [3.63, 3.8) is 0 Å². The molecule has 1 aromatic heterocycles. The molecule has 1 nitrogen and oxygen atoms in total. The fraction of sp³-hybridized carbons (Fsp3) is 0.333. The Hall–Kier alpha value is -0.640. The number of hydrogen-bond acceptors (Lipinski definition) is 2. The van der Waals surface area contributed by atoms with Crippen molar-refractivity contribution >= 4 is 27.3 Å². The minimum atomic E-state index is 0.376. The molecule has 0 saturated heterocycles. The summed E-state index contributed by atoms with van der Waals surface area (Å²) in [5, 5.41) is 5.54. The number of hydrogen-bond donors (Lipinski definition) is 1. The van der Waals surface area contributed by atoms with Crippen LogP contribution in [-0.2, 0) is 6.42 Å². The Morgan fingerprint density at radius 3 is 2.56 bits per heavy atom. The standard InChI is InChI=1S/C15H18BrNS/c1-10-4-5-12(8-11(10)2)9-14(17-3)15-13(16)6-7-18-15/h4-8,14,17H,9H2,1-3H3. The van der Waals surface area contributed by atoms with Crippen molar-refractivity contribution in [1.82, 2.24) is 5.32 Å².